The fourth-order valence-electron chi connectivity index (χ4n) is 2.70. The van der Waals surface area contributed by atoms with E-state index in [4.69, 9.17) is 0 Å². The molecule has 2 aromatic rings. The Morgan fingerprint density at radius 1 is 1.32 bits per heavy atom. The molecule has 1 aromatic heterocycles. The summed E-state index contributed by atoms with van der Waals surface area (Å²) in [7, 11) is 0. The van der Waals surface area contributed by atoms with Crippen molar-refractivity contribution < 1.29 is 4.79 Å². The molecule has 1 aromatic carbocycles. The van der Waals surface area contributed by atoms with Crippen molar-refractivity contribution in [1.82, 2.24) is 14.9 Å². The zero-order chi connectivity index (χ0) is 13.6. The number of rotatable bonds is 1. The minimum atomic E-state index is -0.113. The lowest BCUT2D eigenvalue weighted by molar-refractivity contribution is -0.131. The second-order valence-electron chi connectivity index (χ2n) is 6.22. The highest BCUT2D eigenvalue weighted by Crippen LogP contribution is 2.31. The van der Waals surface area contributed by atoms with E-state index in [-0.39, 0.29) is 17.4 Å². The highest BCUT2D eigenvalue weighted by atomic mass is 16.2. The molecule has 4 heteroatoms. The molecule has 4 nitrogen and oxygen atoms in total. The predicted octanol–water partition coefficient (Wildman–Crippen LogP) is 2.68. The fraction of sp³-hybridized carbons (Fsp3) is 0.467. The van der Waals surface area contributed by atoms with Crippen LogP contribution < -0.4 is 0 Å². The molecule has 0 saturated carbocycles. The van der Waals surface area contributed by atoms with E-state index >= 15 is 0 Å². The molecule has 1 saturated heterocycles. The van der Waals surface area contributed by atoms with Gasteiger partial charge in [-0.05, 0) is 32.9 Å². The number of H-pyrrole nitrogens is 1. The summed E-state index contributed by atoms with van der Waals surface area (Å²) < 4.78 is 0. The maximum absolute atomic E-state index is 12.1. The first-order valence-electron chi connectivity index (χ1n) is 6.70. The van der Waals surface area contributed by atoms with Gasteiger partial charge in [0.25, 0.3) is 0 Å². The van der Waals surface area contributed by atoms with Crippen molar-refractivity contribution in [1.29, 1.82) is 0 Å². The number of hydrogen-bond acceptors (Lipinski definition) is 2. The number of benzene rings is 1. The molecular formula is C15H19N3O. The molecule has 19 heavy (non-hydrogen) atoms. The lowest BCUT2D eigenvalue weighted by Crippen LogP contribution is -2.42. The lowest BCUT2D eigenvalue weighted by Gasteiger charge is -2.31. The lowest BCUT2D eigenvalue weighted by atomic mass is 10.1. The van der Waals surface area contributed by atoms with Crippen molar-refractivity contribution in [3.63, 3.8) is 0 Å². The summed E-state index contributed by atoms with van der Waals surface area (Å²) in [5.74, 6) is 1.33. The summed E-state index contributed by atoms with van der Waals surface area (Å²) in [4.78, 5) is 22.0. The van der Waals surface area contributed by atoms with Gasteiger partial charge in [-0.25, -0.2) is 4.98 Å². The first kappa shape index (κ1) is 12.2. The molecule has 100 valence electrons. The van der Waals surface area contributed by atoms with Gasteiger partial charge in [-0.3, -0.25) is 4.79 Å². The minimum Gasteiger partial charge on any atom is -0.342 e. The van der Waals surface area contributed by atoms with Gasteiger partial charge in [-0.2, -0.15) is 0 Å². The van der Waals surface area contributed by atoms with Crippen LogP contribution >= 0.6 is 0 Å². The third-order valence-electron chi connectivity index (χ3n) is 3.73. The van der Waals surface area contributed by atoms with E-state index in [1.165, 1.54) is 0 Å². The highest BCUT2D eigenvalue weighted by molar-refractivity contribution is 5.81. The Kier molecular flexibility index (Phi) is 2.62. The number of nitrogens with zero attached hydrogens (tertiary/aromatic N) is 2. The molecule has 0 radical (unpaired) electrons. The van der Waals surface area contributed by atoms with Gasteiger partial charge in [0.1, 0.15) is 5.82 Å². The van der Waals surface area contributed by atoms with Gasteiger partial charge >= 0.3 is 0 Å². The molecular weight excluding hydrogens is 238 g/mol. The van der Waals surface area contributed by atoms with Crippen molar-refractivity contribution in [3.05, 3.63) is 30.1 Å². The number of fused-ring (bicyclic) bond motifs is 1. The molecule has 1 aliphatic heterocycles. The fourth-order valence-corrected chi connectivity index (χ4v) is 2.70. The standard InChI is InChI=1S/C15H19N3O/c1-15(2,3)18-9-10(8-13(18)19)14-16-11-6-4-5-7-12(11)17-14/h4-7,10H,8-9H2,1-3H3,(H,16,17). The van der Waals surface area contributed by atoms with Crippen LogP contribution in [0.15, 0.2) is 24.3 Å². The third kappa shape index (κ3) is 2.11. The number of para-hydroxylation sites is 2. The number of aromatic nitrogens is 2. The Bertz CT molecular complexity index is 591. The topological polar surface area (TPSA) is 49.0 Å². The second-order valence-corrected chi connectivity index (χ2v) is 6.22. The van der Waals surface area contributed by atoms with Crippen LogP contribution in [-0.2, 0) is 4.79 Å². The summed E-state index contributed by atoms with van der Waals surface area (Å²) in [6, 6.07) is 7.98. The Morgan fingerprint density at radius 2 is 2.05 bits per heavy atom. The molecule has 2 heterocycles. The molecule has 3 rings (SSSR count). The van der Waals surface area contributed by atoms with E-state index in [1.807, 2.05) is 29.2 Å². The zero-order valence-electron chi connectivity index (χ0n) is 11.6. The summed E-state index contributed by atoms with van der Waals surface area (Å²) in [5.41, 5.74) is 1.90. The van der Waals surface area contributed by atoms with Crippen molar-refractivity contribution in [2.75, 3.05) is 6.54 Å². The number of likely N-dealkylation sites (tertiary alicyclic amines) is 1. The van der Waals surface area contributed by atoms with Gasteiger partial charge in [0.15, 0.2) is 0 Å². The third-order valence-corrected chi connectivity index (χ3v) is 3.73. The molecule has 1 atom stereocenters. The average molecular weight is 257 g/mol. The molecule has 1 aliphatic rings. The van der Waals surface area contributed by atoms with Gasteiger partial charge in [-0.1, -0.05) is 12.1 Å². The summed E-state index contributed by atoms with van der Waals surface area (Å²) in [6.45, 7) is 6.98. The van der Waals surface area contributed by atoms with Crippen LogP contribution in [0, 0.1) is 0 Å². The van der Waals surface area contributed by atoms with E-state index in [2.05, 4.69) is 30.7 Å². The molecule has 1 unspecified atom stereocenters. The first-order chi connectivity index (χ1) is 8.95. The van der Waals surface area contributed by atoms with Gasteiger partial charge in [0.2, 0.25) is 5.91 Å². The number of carbonyl (C=O) groups is 1. The van der Waals surface area contributed by atoms with Crippen LogP contribution in [0.3, 0.4) is 0 Å². The van der Waals surface area contributed by atoms with Crippen LogP contribution in [0.4, 0.5) is 0 Å². The largest absolute Gasteiger partial charge is 0.342 e. The maximum atomic E-state index is 12.1. The van der Waals surface area contributed by atoms with Crippen molar-refractivity contribution >= 4 is 16.9 Å². The van der Waals surface area contributed by atoms with Gasteiger partial charge in [-0.15, -0.1) is 0 Å². The molecule has 0 spiro atoms. The Morgan fingerprint density at radius 3 is 2.68 bits per heavy atom. The molecule has 0 bridgehead atoms. The number of aromatic amines is 1. The van der Waals surface area contributed by atoms with E-state index in [1.54, 1.807) is 0 Å². The number of imidazole rings is 1. The summed E-state index contributed by atoms with van der Waals surface area (Å²) in [5, 5.41) is 0. The van der Waals surface area contributed by atoms with Gasteiger partial charge in [0, 0.05) is 24.4 Å². The van der Waals surface area contributed by atoms with E-state index in [9.17, 15) is 4.79 Å². The monoisotopic (exact) mass is 257 g/mol. The summed E-state index contributed by atoms with van der Waals surface area (Å²) in [6.07, 6.45) is 0.553. The Balaban J connectivity index is 1.90. The SMILES string of the molecule is CC(C)(C)N1CC(c2nc3ccccc3[nH]2)CC1=O. The average Bonchev–Trinajstić information content (AvgIpc) is 2.90. The molecule has 1 N–H and O–H groups in total. The van der Waals surface area contributed by atoms with E-state index in [0.29, 0.717) is 6.42 Å². The van der Waals surface area contributed by atoms with Crippen molar-refractivity contribution in [3.8, 4) is 0 Å². The predicted molar refractivity (Wildman–Crippen MR) is 74.9 cm³/mol. The Labute approximate surface area is 112 Å². The smallest absolute Gasteiger partial charge is 0.223 e. The van der Waals surface area contributed by atoms with Gasteiger partial charge in [0.05, 0.1) is 11.0 Å². The second kappa shape index (κ2) is 4.08. The van der Waals surface area contributed by atoms with Crippen LogP contribution in [0.1, 0.15) is 38.9 Å². The summed E-state index contributed by atoms with van der Waals surface area (Å²) >= 11 is 0. The number of hydrogen-bond donors (Lipinski definition) is 1. The highest BCUT2D eigenvalue weighted by Gasteiger charge is 2.37. The number of amides is 1. The minimum absolute atomic E-state index is 0.113. The molecule has 1 fully saturated rings. The van der Waals surface area contributed by atoms with Gasteiger partial charge < -0.3 is 9.88 Å². The van der Waals surface area contributed by atoms with Crippen molar-refractivity contribution in [2.45, 2.75) is 38.6 Å². The normalized spacial score (nSPS) is 20.5. The maximum Gasteiger partial charge on any atom is 0.223 e. The quantitative estimate of drug-likeness (QED) is 0.854. The van der Waals surface area contributed by atoms with Crippen LogP contribution in [0.2, 0.25) is 0 Å². The van der Waals surface area contributed by atoms with Crippen LogP contribution in [-0.4, -0.2) is 32.9 Å². The van der Waals surface area contributed by atoms with Crippen molar-refractivity contribution in [2.24, 2.45) is 0 Å². The van der Waals surface area contributed by atoms with Crippen LogP contribution in [0.5, 0.6) is 0 Å². The van der Waals surface area contributed by atoms with Crippen LogP contribution in [0.25, 0.3) is 11.0 Å². The molecule has 1 amide bonds. The first-order valence-corrected chi connectivity index (χ1v) is 6.70. The zero-order valence-corrected chi connectivity index (χ0v) is 11.6. The van der Waals surface area contributed by atoms with E-state index in [0.717, 1.165) is 23.4 Å². The number of carbonyl (C=O) groups excluding carboxylic acids is 1. The molecule has 0 aliphatic carbocycles. The van der Waals surface area contributed by atoms with E-state index < -0.39 is 0 Å². The number of nitrogens with one attached hydrogen (secondary N) is 1. The Hall–Kier alpha value is -1.84.